The van der Waals surface area contributed by atoms with Gasteiger partial charge in [0.25, 0.3) is 0 Å². The number of aryl methyl sites for hydroxylation is 1. The second-order valence-electron chi connectivity index (χ2n) is 4.17. The summed E-state index contributed by atoms with van der Waals surface area (Å²) in [5.74, 6) is 0.495. The lowest BCUT2D eigenvalue weighted by Gasteiger charge is -2.04. The summed E-state index contributed by atoms with van der Waals surface area (Å²) >= 11 is 1.55. The number of hydrogen-bond donors (Lipinski definition) is 0. The molecule has 0 aliphatic rings. The molecule has 0 saturated heterocycles. The SMILES string of the molecule is Cc1ccccc1SCC(=O)c1ccc(C#N)cc1. The minimum atomic E-state index is 0.0812. The van der Waals surface area contributed by atoms with E-state index in [1.807, 2.05) is 37.3 Å². The average molecular weight is 267 g/mol. The van der Waals surface area contributed by atoms with Crippen molar-refractivity contribution in [1.82, 2.24) is 0 Å². The van der Waals surface area contributed by atoms with Crippen LogP contribution in [0.1, 0.15) is 21.5 Å². The Morgan fingerprint density at radius 3 is 2.47 bits per heavy atom. The van der Waals surface area contributed by atoms with Crippen molar-refractivity contribution in [3.63, 3.8) is 0 Å². The summed E-state index contributed by atoms with van der Waals surface area (Å²) in [7, 11) is 0. The van der Waals surface area contributed by atoms with E-state index in [2.05, 4.69) is 0 Å². The summed E-state index contributed by atoms with van der Waals surface area (Å²) in [6.45, 7) is 2.04. The number of thioether (sulfide) groups is 1. The largest absolute Gasteiger partial charge is 0.293 e. The molecule has 2 rings (SSSR count). The van der Waals surface area contributed by atoms with E-state index in [4.69, 9.17) is 5.26 Å². The molecule has 2 aromatic rings. The first-order valence-corrected chi connectivity index (χ1v) is 6.91. The lowest BCUT2D eigenvalue weighted by molar-refractivity contribution is 0.102. The highest BCUT2D eigenvalue weighted by Crippen LogP contribution is 2.22. The van der Waals surface area contributed by atoms with Crippen molar-refractivity contribution >= 4 is 17.5 Å². The van der Waals surface area contributed by atoms with Crippen molar-refractivity contribution in [1.29, 1.82) is 5.26 Å². The van der Waals surface area contributed by atoms with E-state index in [1.165, 1.54) is 5.56 Å². The minimum Gasteiger partial charge on any atom is -0.293 e. The molecule has 0 amide bonds. The maximum atomic E-state index is 12.0. The molecule has 0 radical (unpaired) electrons. The van der Waals surface area contributed by atoms with Crippen LogP contribution in [0.2, 0.25) is 0 Å². The fourth-order valence-electron chi connectivity index (χ4n) is 1.68. The molecule has 0 atom stereocenters. The summed E-state index contributed by atoms with van der Waals surface area (Å²) < 4.78 is 0. The van der Waals surface area contributed by atoms with E-state index in [0.717, 1.165) is 4.90 Å². The highest BCUT2D eigenvalue weighted by Gasteiger charge is 2.07. The van der Waals surface area contributed by atoms with Crippen molar-refractivity contribution in [3.05, 3.63) is 65.2 Å². The van der Waals surface area contributed by atoms with Crippen LogP contribution in [-0.4, -0.2) is 11.5 Å². The molecule has 0 fully saturated rings. The molecule has 0 aliphatic carbocycles. The van der Waals surface area contributed by atoms with Gasteiger partial charge in [-0.1, -0.05) is 30.3 Å². The van der Waals surface area contributed by atoms with Gasteiger partial charge in [-0.2, -0.15) is 5.26 Å². The number of nitriles is 1. The van der Waals surface area contributed by atoms with Crippen LogP contribution >= 0.6 is 11.8 Å². The second-order valence-corrected chi connectivity index (χ2v) is 5.18. The molecule has 3 heteroatoms. The molecule has 0 aliphatic heterocycles. The van der Waals surface area contributed by atoms with E-state index >= 15 is 0 Å². The smallest absolute Gasteiger partial charge is 0.173 e. The quantitative estimate of drug-likeness (QED) is 0.624. The molecule has 0 spiro atoms. The number of Topliss-reactive ketones (excluding diaryl/α,β-unsaturated/α-hetero) is 1. The molecule has 0 bridgehead atoms. The van der Waals surface area contributed by atoms with Crippen LogP contribution in [0, 0.1) is 18.3 Å². The Morgan fingerprint density at radius 1 is 1.16 bits per heavy atom. The van der Waals surface area contributed by atoms with Gasteiger partial charge in [-0.05, 0) is 30.7 Å². The van der Waals surface area contributed by atoms with Crippen LogP contribution in [0.4, 0.5) is 0 Å². The second kappa shape index (κ2) is 6.21. The predicted octanol–water partition coefficient (Wildman–Crippen LogP) is 3.84. The van der Waals surface area contributed by atoms with Gasteiger partial charge in [0.1, 0.15) is 0 Å². The zero-order valence-corrected chi connectivity index (χ0v) is 11.4. The van der Waals surface area contributed by atoms with Crippen LogP contribution in [0.25, 0.3) is 0 Å². The van der Waals surface area contributed by atoms with Crippen LogP contribution in [-0.2, 0) is 0 Å². The highest BCUT2D eigenvalue weighted by atomic mass is 32.2. The summed E-state index contributed by atoms with van der Waals surface area (Å²) in [6, 6.07) is 16.8. The Labute approximate surface area is 117 Å². The number of benzene rings is 2. The summed E-state index contributed by atoms with van der Waals surface area (Å²) in [6.07, 6.45) is 0. The van der Waals surface area contributed by atoms with E-state index in [1.54, 1.807) is 36.0 Å². The van der Waals surface area contributed by atoms with Gasteiger partial charge < -0.3 is 0 Å². The van der Waals surface area contributed by atoms with Gasteiger partial charge in [0, 0.05) is 10.5 Å². The van der Waals surface area contributed by atoms with E-state index in [-0.39, 0.29) is 5.78 Å². The number of carbonyl (C=O) groups excluding carboxylic acids is 1. The Kier molecular flexibility index (Phi) is 4.38. The van der Waals surface area contributed by atoms with Crippen LogP contribution in [0.3, 0.4) is 0 Å². The number of hydrogen-bond acceptors (Lipinski definition) is 3. The molecule has 2 nitrogen and oxygen atoms in total. The Balaban J connectivity index is 2.02. The molecule has 0 saturated carbocycles. The first-order chi connectivity index (χ1) is 9.20. The molecule has 2 aromatic carbocycles. The number of ketones is 1. The Hall–Kier alpha value is -2.05. The maximum absolute atomic E-state index is 12.0. The standard InChI is InChI=1S/C16H13NOS/c1-12-4-2-3-5-16(12)19-11-15(18)14-8-6-13(10-17)7-9-14/h2-9H,11H2,1H3. The first kappa shape index (κ1) is 13.4. The lowest BCUT2D eigenvalue weighted by atomic mass is 10.1. The van der Waals surface area contributed by atoms with Gasteiger partial charge >= 0.3 is 0 Å². The van der Waals surface area contributed by atoms with Gasteiger partial charge in [0.05, 0.1) is 17.4 Å². The zero-order valence-electron chi connectivity index (χ0n) is 10.6. The van der Waals surface area contributed by atoms with E-state index in [0.29, 0.717) is 16.9 Å². The van der Waals surface area contributed by atoms with Crippen molar-refractivity contribution in [2.45, 2.75) is 11.8 Å². The average Bonchev–Trinajstić information content (AvgIpc) is 2.46. The molecule has 0 heterocycles. The molecule has 0 N–H and O–H groups in total. The number of carbonyl (C=O) groups is 1. The number of nitrogens with zero attached hydrogens (tertiary/aromatic N) is 1. The van der Waals surface area contributed by atoms with E-state index < -0.39 is 0 Å². The predicted molar refractivity (Wildman–Crippen MR) is 77.4 cm³/mol. The summed E-state index contributed by atoms with van der Waals surface area (Å²) in [5.41, 5.74) is 2.41. The normalized spacial score (nSPS) is 9.89. The first-order valence-electron chi connectivity index (χ1n) is 5.92. The Morgan fingerprint density at radius 2 is 1.84 bits per heavy atom. The van der Waals surface area contributed by atoms with Gasteiger partial charge in [-0.3, -0.25) is 4.79 Å². The van der Waals surface area contributed by atoms with Crippen LogP contribution < -0.4 is 0 Å². The summed E-state index contributed by atoms with van der Waals surface area (Å²) in [4.78, 5) is 13.2. The van der Waals surface area contributed by atoms with Gasteiger partial charge in [-0.15, -0.1) is 11.8 Å². The maximum Gasteiger partial charge on any atom is 0.173 e. The topological polar surface area (TPSA) is 40.9 Å². The van der Waals surface area contributed by atoms with Gasteiger partial charge in [0.15, 0.2) is 5.78 Å². The fraction of sp³-hybridized carbons (Fsp3) is 0.125. The zero-order chi connectivity index (χ0) is 13.7. The lowest BCUT2D eigenvalue weighted by Crippen LogP contribution is -2.02. The van der Waals surface area contributed by atoms with Crippen molar-refractivity contribution in [2.24, 2.45) is 0 Å². The molecule has 19 heavy (non-hydrogen) atoms. The third-order valence-corrected chi connectivity index (χ3v) is 3.96. The molecule has 94 valence electrons. The number of rotatable bonds is 4. The van der Waals surface area contributed by atoms with Crippen LogP contribution in [0.5, 0.6) is 0 Å². The molecular weight excluding hydrogens is 254 g/mol. The van der Waals surface area contributed by atoms with Crippen LogP contribution in [0.15, 0.2) is 53.4 Å². The van der Waals surface area contributed by atoms with Crippen molar-refractivity contribution in [2.75, 3.05) is 5.75 Å². The Bertz CT molecular complexity index is 626. The van der Waals surface area contributed by atoms with Crippen molar-refractivity contribution < 1.29 is 4.79 Å². The molecule has 0 aromatic heterocycles. The fourth-order valence-corrected chi connectivity index (χ4v) is 2.60. The van der Waals surface area contributed by atoms with Gasteiger partial charge in [-0.25, -0.2) is 0 Å². The molecule has 0 unspecified atom stereocenters. The minimum absolute atomic E-state index is 0.0812. The molecular formula is C16H13NOS. The van der Waals surface area contributed by atoms with Crippen molar-refractivity contribution in [3.8, 4) is 6.07 Å². The highest BCUT2D eigenvalue weighted by molar-refractivity contribution is 8.00. The third kappa shape index (κ3) is 3.46. The third-order valence-electron chi connectivity index (χ3n) is 2.79. The summed E-state index contributed by atoms with van der Waals surface area (Å²) in [5, 5.41) is 8.71. The van der Waals surface area contributed by atoms with E-state index in [9.17, 15) is 4.79 Å². The monoisotopic (exact) mass is 267 g/mol. The van der Waals surface area contributed by atoms with Gasteiger partial charge in [0.2, 0.25) is 0 Å².